The minimum atomic E-state index is -4.69. The van der Waals surface area contributed by atoms with Gasteiger partial charge in [-0.3, -0.25) is 14.6 Å². The Morgan fingerprint density at radius 1 is 1.23 bits per heavy atom. The van der Waals surface area contributed by atoms with Gasteiger partial charge >= 0.3 is 6.18 Å². The third-order valence-corrected chi connectivity index (χ3v) is 5.03. The van der Waals surface area contributed by atoms with Crippen LogP contribution in [0.15, 0.2) is 53.6 Å². The molecule has 0 aliphatic rings. The predicted molar refractivity (Wildman–Crippen MR) is 107 cm³/mol. The number of halogens is 3. The first-order valence-corrected chi connectivity index (χ1v) is 9.13. The first-order valence-electron chi connectivity index (χ1n) is 9.13. The van der Waals surface area contributed by atoms with Crippen LogP contribution < -0.4 is 11.2 Å². The number of hydrogen-bond donors (Lipinski definition) is 1. The quantitative estimate of drug-likeness (QED) is 0.685. The second kappa shape index (κ2) is 8.07. The highest BCUT2D eigenvalue weighted by atomic mass is 19.4. The van der Waals surface area contributed by atoms with Crippen molar-refractivity contribution in [2.24, 2.45) is 5.73 Å². The van der Waals surface area contributed by atoms with Crippen molar-refractivity contribution >= 4 is 5.91 Å². The summed E-state index contributed by atoms with van der Waals surface area (Å²) in [7, 11) is 0. The Bertz CT molecular complexity index is 1260. The number of nitrogens with two attached hydrogens (primary N) is 1. The number of primary amides is 1. The Hall–Kier alpha value is -3.93. The summed E-state index contributed by atoms with van der Waals surface area (Å²) >= 11 is 0. The molecule has 2 aromatic heterocycles. The number of hydrogen-bond acceptors (Lipinski definition) is 4. The maximum absolute atomic E-state index is 13.1. The molecule has 6 nitrogen and oxygen atoms in total. The van der Waals surface area contributed by atoms with Gasteiger partial charge in [0.25, 0.3) is 5.91 Å². The van der Waals surface area contributed by atoms with E-state index in [2.05, 4.69) is 4.98 Å². The third kappa shape index (κ3) is 4.19. The van der Waals surface area contributed by atoms with Gasteiger partial charge in [0.05, 0.1) is 17.7 Å². The van der Waals surface area contributed by atoms with Gasteiger partial charge in [0, 0.05) is 23.7 Å². The van der Waals surface area contributed by atoms with Crippen molar-refractivity contribution in [1.82, 2.24) is 9.55 Å². The summed E-state index contributed by atoms with van der Waals surface area (Å²) in [6, 6.07) is 10.3. The number of amides is 1. The SMILES string of the molecule is Cc1c(-c2ccnc(C(F)(F)F)c2)c(=O)c(C(N)=O)cn1C(C)c1ccc(C#N)cc1. The highest BCUT2D eigenvalue weighted by molar-refractivity contribution is 5.94. The van der Waals surface area contributed by atoms with Crippen molar-refractivity contribution in [3.63, 3.8) is 0 Å². The van der Waals surface area contributed by atoms with Crippen molar-refractivity contribution in [2.45, 2.75) is 26.1 Å². The summed E-state index contributed by atoms with van der Waals surface area (Å²) in [5.74, 6) is -0.989. The molecule has 31 heavy (non-hydrogen) atoms. The van der Waals surface area contributed by atoms with Crippen LogP contribution in [0.3, 0.4) is 0 Å². The van der Waals surface area contributed by atoms with E-state index in [9.17, 15) is 22.8 Å². The van der Waals surface area contributed by atoms with E-state index in [4.69, 9.17) is 11.0 Å². The van der Waals surface area contributed by atoms with Gasteiger partial charge in [0.15, 0.2) is 0 Å². The maximum Gasteiger partial charge on any atom is 0.433 e. The van der Waals surface area contributed by atoms with Crippen LogP contribution in [0, 0.1) is 18.3 Å². The number of carbonyl (C=O) groups excluding carboxylic acids is 1. The molecule has 2 heterocycles. The van der Waals surface area contributed by atoms with E-state index in [0.29, 0.717) is 11.3 Å². The normalized spacial score (nSPS) is 12.3. The molecule has 0 aliphatic heterocycles. The number of nitrogens with zero attached hydrogens (tertiary/aromatic N) is 3. The topological polar surface area (TPSA) is 102 Å². The second-order valence-corrected chi connectivity index (χ2v) is 6.94. The van der Waals surface area contributed by atoms with Gasteiger partial charge in [-0.25, -0.2) is 0 Å². The fourth-order valence-corrected chi connectivity index (χ4v) is 3.38. The van der Waals surface area contributed by atoms with Crippen LogP contribution in [0.5, 0.6) is 0 Å². The summed E-state index contributed by atoms with van der Waals surface area (Å²) in [4.78, 5) is 28.2. The molecule has 0 bridgehead atoms. The Balaban J connectivity index is 2.26. The monoisotopic (exact) mass is 426 g/mol. The van der Waals surface area contributed by atoms with E-state index in [1.807, 2.05) is 6.07 Å². The van der Waals surface area contributed by atoms with E-state index in [0.717, 1.165) is 17.8 Å². The zero-order valence-corrected chi connectivity index (χ0v) is 16.6. The Morgan fingerprint density at radius 3 is 2.42 bits per heavy atom. The van der Waals surface area contributed by atoms with E-state index in [-0.39, 0.29) is 16.7 Å². The summed E-state index contributed by atoms with van der Waals surface area (Å²) < 4.78 is 41.0. The number of carbonyl (C=O) groups is 1. The first kappa shape index (κ1) is 21.8. The Morgan fingerprint density at radius 2 is 1.87 bits per heavy atom. The molecule has 1 unspecified atom stereocenters. The number of benzene rings is 1. The average Bonchev–Trinajstić information content (AvgIpc) is 2.73. The molecule has 158 valence electrons. The zero-order chi connectivity index (χ0) is 22.9. The molecule has 3 rings (SSSR count). The lowest BCUT2D eigenvalue weighted by atomic mass is 9.99. The van der Waals surface area contributed by atoms with Crippen molar-refractivity contribution in [1.29, 1.82) is 5.26 Å². The molecule has 9 heteroatoms. The predicted octanol–water partition coefficient (Wildman–Crippen LogP) is 3.82. The van der Waals surface area contributed by atoms with E-state index in [1.54, 1.807) is 42.7 Å². The fourth-order valence-electron chi connectivity index (χ4n) is 3.38. The van der Waals surface area contributed by atoms with E-state index >= 15 is 0 Å². The molecule has 0 saturated carbocycles. The molecule has 0 spiro atoms. The van der Waals surface area contributed by atoms with Crippen molar-refractivity contribution in [2.75, 3.05) is 0 Å². The standard InChI is InChI=1S/C22H17F3N4O2/c1-12(15-5-3-14(10-26)4-6-15)29-11-17(21(27)31)20(30)19(13(29)2)16-7-8-28-18(9-16)22(23,24)25/h3-9,11-12H,1-2H3,(H2,27,31). The van der Waals surface area contributed by atoms with Gasteiger partial charge in [0.2, 0.25) is 5.43 Å². The summed E-state index contributed by atoms with van der Waals surface area (Å²) in [6.45, 7) is 3.37. The second-order valence-electron chi connectivity index (χ2n) is 6.94. The molecular formula is C22H17F3N4O2. The van der Waals surface area contributed by atoms with Crippen molar-refractivity contribution in [3.8, 4) is 17.2 Å². The number of nitriles is 1. The van der Waals surface area contributed by atoms with Gasteiger partial charge < -0.3 is 10.3 Å². The van der Waals surface area contributed by atoms with Gasteiger partial charge in [-0.1, -0.05) is 12.1 Å². The molecule has 1 amide bonds. The van der Waals surface area contributed by atoms with Crippen LogP contribution in [-0.2, 0) is 6.18 Å². The Labute approximate surface area is 175 Å². The molecule has 0 radical (unpaired) electrons. The molecule has 1 atom stereocenters. The zero-order valence-electron chi connectivity index (χ0n) is 16.6. The van der Waals surface area contributed by atoms with Gasteiger partial charge in [-0.15, -0.1) is 0 Å². The van der Waals surface area contributed by atoms with Crippen LogP contribution in [0.25, 0.3) is 11.1 Å². The third-order valence-electron chi connectivity index (χ3n) is 5.03. The smallest absolute Gasteiger partial charge is 0.365 e. The molecular weight excluding hydrogens is 409 g/mol. The van der Waals surface area contributed by atoms with Crippen LogP contribution in [-0.4, -0.2) is 15.5 Å². The highest BCUT2D eigenvalue weighted by Gasteiger charge is 2.33. The van der Waals surface area contributed by atoms with Crippen molar-refractivity contribution in [3.05, 3.63) is 87.1 Å². The maximum atomic E-state index is 13.1. The first-order chi connectivity index (χ1) is 14.5. The van der Waals surface area contributed by atoms with Crippen LogP contribution in [0.1, 0.15) is 45.8 Å². The van der Waals surface area contributed by atoms with Crippen LogP contribution >= 0.6 is 0 Å². The van der Waals surface area contributed by atoms with Crippen molar-refractivity contribution < 1.29 is 18.0 Å². The molecule has 1 aromatic carbocycles. The minimum Gasteiger partial charge on any atom is -0.365 e. The van der Waals surface area contributed by atoms with Crippen LogP contribution in [0.2, 0.25) is 0 Å². The molecule has 0 saturated heterocycles. The average molecular weight is 426 g/mol. The fraction of sp³-hybridized carbons (Fsp3) is 0.182. The lowest BCUT2D eigenvalue weighted by Crippen LogP contribution is -2.27. The van der Waals surface area contributed by atoms with Crippen LogP contribution in [0.4, 0.5) is 13.2 Å². The Kier molecular flexibility index (Phi) is 5.66. The number of aromatic nitrogens is 2. The summed E-state index contributed by atoms with van der Waals surface area (Å²) in [5.41, 5.74) is 4.62. The van der Waals surface area contributed by atoms with E-state index < -0.39 is 29.2 Å². The molecule has 0 aliphatic carbocycles. The molecule has 2 N–H and O–H groups in total. The minimum absolute atomic E-state index is 0.0197. The summed E-state index contributed by atoms with van der Waals surface area (Å²) in [6.07, 6.45) is -2.43. The van der Waals surface area contributed by atoms with E-state index in [1.165, 1.54) is 12.3 Å². The van der Waals surface area contributed by atoms with Gasteiger partial charge in [-0.2, -0.15) is 18.4 Å². The lowest BCUT2D eigenvalue weighted by Gasteiger charge is -2.23. The number of pyridine rings is 2. The molecule has 3 aromatic rings. The largest absolute Gasteiger partial charge is 0.433 e. The number of alkyl halides is 3. The lowest BCUT2D eigenvalue weighted by molar-refractivity contribution is -0.141. The molecule has 0 fully saturated rings. The number of rotatable bonds is 4. The highest BCUT2D eigenvalue weighted by Crippen LogP contribution is 2.31. The van der Waals surface area contributed by atoms with Gasteiger partial charge in [0.1, 0.15) is 11.3 Å². The van der Waals surface area contributed by atoms with Gasteiger partial charge in [-0.05, 0) is 49.2 Å². The summed E-state index contributed by atoms with van der Waals surface area (Å²) in [5, 5.41) is 8.97.